The molecule has 1 spiro atoms. The number of ether oxygens (including phenoxy) is 2. The van der Waals surface area contributed by atoms with Crippen molar-refractivity contribution in [1.82, 2.24) is 14.9 Å². The van der Waals surface area contributed by atoms with E-state index in [9.17, 15) is 4.39 Å². The van der Waals surface area contributed by atoms with Crippen molar-refractivity contribution in [2.45, 2.75) is 94.5 Å². The van der Waals surface area contributed by atoms with E-state index in [2.05, 4.69) is 34.1 Å². The largest absolute Gasteiger partial charge is 0.461 e. The summed E-state index contributed by atoms with van der Waals surface area (Å²) in [5, 5.41) is 0. The molecule has 3 saturated heterocycles. The molecule has 7 heteroatoms. The first kappa shape index (κ1) is 23.8. The Morgan fingerprint density at radius 1 is 1.00 bits per heavy atom. The van der Waals surface area contributed by atoms with Crippen molar-refractivity contribution in [3.05, 3.63) is 46.6 Å². The number of rotatable bonds is 4. The highest BCUT2D eigenvalue weighted by molar-refractivity contribution is 5.52. The van der Waals surface area contributed by atoms with Gasteiger partial charge >= 0.3 is 6.01 Å². The topological polar surface area (TPSA) is 50.7 Å². The third-order valence-electron chi connectivity index (χ3n) is 9.67. The van der Waals surface area contributed by atoms with E-state index in [0.29, 0.717) is 32.2 Å². The van der Waals surface area contributed by atoms with E-state index < -0.39 is 6.17 Å². The SMILES string of the molecule is F[C@H]1CN2CCC[C@@]2(COc2nc3c(c(N4CCCCCC4)n2)COC2(CCCc4ccccc42)C3)C1. The quantitative estimate of drug-likeness (QED) is 0.574. The number of hydrogen-bond donors (Lipinski definition) is 0. The molecule has 2 aromatic rings. The normalized spacial score (nSPS) is 31.6. The van der Waals surface area contributed by atoms with Crippen LogP contribution in [0.15, 0.2) is 24.3 Å². The smallest absolute Gasteiger partial charge is 0.318 e. The molecule has 0 radical (unpaired) electrons. The summed E-state index contributed by atoms with van der Waals surface area (Å²) in [6.07, 6.45) is 10.8. The van der Waals surface area contributed by atoms with Gasteiger partial charge in [-0.1, -0.05) is 37.1 Å². The molecule has 1 unspecified atom stereocenters. The fourth-order valence-corrected chi connectivity index (χ4v) is 7.79. The minimum absolute atomic E-state index is 0.200. The van der Waals surface area contributed by atoms with Crippen molar-refractivity contribution in [3.8, 4) is 6.01 Å². The summed E-state index contributed by atoms with van der Waals surface area (Å²) in [4.78, 5) is 14.8. The third kappa shape index (κ3) is 4.22. The van der Waals surface area contributed by atoms with E-state index in [1.807, 2.05) is 0 Å². The monoisotopic (exact) mass is 506 g/mol. The molecule has 0 bridgehead atoms. The summed E-state index contributed by atoms with van der Waals surface area (Å²) in [5.41, 5.74) is 4.41. The van der Waals surface area contributed by atoms with Crippen molar-refractivity contribution < 1.29 is 13.9 Å². The molecule has 6 nitrogen and oxygen atoms in total. The van der Waals surface area contributed by atoms with Gasteiger partial charge in [0.1, 0.15) is 18.6 Å². The molecule has 7 rings (SSSR count). The van der Waals surface area contributed by atoms with E-state index in [-0.39, 0.29) is 11.1 Å². The second-order valence-electron chi connectivity index (χ2n) is 12.0. The summed E-state index contributed by atoms with van der Waals surface area (Å²) in [6, 6.07) is 9.22. The van der Waals surface area contributed by atoms with Crippen LogP contribution in [0, 0.1) is 0 Å². The molecule has 3 fully saturated rings. The van der Waals surface area contributed by atoms with Crippen molar-refractivity contribution in [2.24, 2.45) is 0 Å². The maximum absolute atomic E-state index is 14.4. The van der Waals surface area contributed by atoms with Gasteiger partial charge < -0.3 is 14.4 Å². The van der Waals surface area contributed by atoms with E-state index in [1.165, 1.54) is 36.8 Å². The number of fused-ring (bicyclic) bond motifs is 4. The van der Waals surface area contributed by atoms with Gasteiger partial charge in [0.25, 0.3) is 0 Å². The zero-order chi connectivity index (χ0) is 24.9. The van der Waals surface area contributed by atoms with Crippen LogP contribution in [-0.2, 0) is 29.8 Å². The maximum atomic E-state index is 14.4. The van der Waals surface area contributed by atoms with Crippen LogP contribution in [0.3, 0.4) is 0 Å². The van der Waals surface area contributed by atoms with Gasteiger partial charge in [0, 0.05) is 38.0 Å². The number of aromatic nitrogens is 2. The summed E-state index contributed by atoms with van der Waals surface area (Å²) in [6.45, 7) is 4.53. The van der Waals surface area contributed by atoms with E-state index in [4.69, 9.17) is 19.4 Å². The van der Waals surface area contributed by atoms with Crippen LogP contribution < -0.4 is 9.64 Å². The molecule has 0 amide bonds. The number of nitrogens with zero attached hydrogens (tertiary/aromatic N) is 4. The Bertz CT molecular complexity index is 1150. The highest BCUT2D eigenvalue weighted by atomic mass is 19.1. The second-order valence-corrected chi connectivity index (χ2v) is 12.0. The molecular weight excluding hydrogens is 467 g/mol. The Labute approximate surface area is 219 Å². The Morgan fingerprint density at radius 2 is 1.86 bits per heavy atom. The van der Waals surface area contributed by atoms with Crippen LogP contribution in [0.2, 0.25) is 0 Å². The first-order valence-electron chi connectivity index (χ1n) is 14.5. The summed E-state index contributed by atoms with van der Waals surface area (Å²) in [5.74, 6) is 0.997. The molecule has 3 atom stereocenters. The van der Waals surface area contributed by atoms with Gasteiger partial charge in [0.2, 0.25) is 0 Å². The van der Waals surface area contributed by atoms with Gasteiger partial charge in [0.05, 0.1) is 23.4 Å². The number of benzene rings is 1. The predicted molar refractivity (Wildman–Crippen MR) is 141 cm³/mol. The van der Waals surface area contributed by atoms with Gasteiger partial charge in [-0.05, 0) is 62.6 Å². The first-order valence-corrected chi connectivity index (χ1v) is 14.5. The van der Waals surface area contributed by atoms with E-state index in [1.54, 1.807) is 0 Å². The molecule has 5 heterocycles. The van der Waals surface area contributed by atoms with Gasteiger partial charge in [-0.15, -0.1) is 0 Å². The maximum Gasteiger partial charge on any atom is 0.318 e. The number of alkyl halides is 1. The fourth-order valence-electron chi connectivity index (χ4n) is 7.79. The lowest BCUT2D eigenvalue weighted by molar-refractivity contribution is -0.0855. The Hall–Kier alpha value is -2.25. The van der Waals surface area contributed by atoms with Crippen molar-refractivity contribution in [1.29, 1.82) is 0 Å². The minimum Gasteiger partial charge on any atom is -0.461 e. The Morgan fingerprint density at radius 3 is 2.76 bits per heavy atom. The lowest BCUT2D eigenvalue weighted by Gasteiger charge is -2.43. The summed E-state index contributed by atoms with van der Waals surface area (Å²) >= 11 is 0. The van der Waals surface area contributed by atoms with E-state index >= 15 is 0 Å². The van der Waals surface area contributed by atoms with Gasteiger partial charge in [-0.3, -0.25) is 4.90 Å². The van der Waals surface area contributed by atoms with Gasteiger partial charge in [-0.25, -0.2) is 4.39 Å². The zero-order valence-corrected chi connectivity index (χ0v) is 21.9. The third-order valence-corrected chi connectivity index (χ3v) is 9.67. The number of anilines is 1. The molecule has 1 aliphatic carbocycles. The molecule has 1 aromatic carbocycles. The molecule has 0 N–H and O–H groups in total. The molecule has 0 saturated carbocycles. The van der Waals surface area contributed by atoms with Crippen molar-refractivity contribution in [2.75, 3.05) is 37.7 Å². The molecule has 37 heavy (non-hydrogen) atoms. The van der Waals surface area contributed by atoms with Gasteiger partial charge in [-0.2, -0.15) is 9.97 Å². The van der Waals surface area contributed by atoms with Gasteiger partial charge in [0.15, 0.2) is 0 Å². The number of halogens is 1. The molecule has 1 aromatic heterocycles. The minimum atomic E-state index is -0.760. The molecule has 5 aliphatic rings. The number of aryl methyl sites for hydroxylation is 1. The standard InChI is InChI=1S/C30H39FN4O2/c31-23-17-29(12-8-16-35(29)19-23)21-36-28-32-26-18-30(13-7-10-22-9-3-4-11-25(22)30)37-20-24(26)27(33-28)34-14-5-1-2-6-15-34/h3-4,9,11,23H,1-2,5-8,10,12-21H2/t23-,29+,30?/m1/s1. The predicted octanol–water partition coefficient (Wildman–Crippen LogP) is 5.12. The van der Waals surface area contributed by atoms with E-state index in [0.717, 1.165) is 75.2 Å². The van der Waals surface area contributed by atoms with Crippen LogP contribution in [0.25, 0.3) is 0 Å². The van der Waals surface area contributed by atoms with Crippen molar-refractivity contribution >= 4 is 5.82 Å². The van der Waals surface area contributed by atoms with Crippen LogP contribution in [0.4, 0.5) is 10.2 Å². The first-order chi connectivity index (χ1) is 18.1. The second kappa shape index (κ2) is 9.49. The Balaban J connectivity index is 1.23. The molecule has 198 valence electrons. The fraction of sp³-hybridized carbons (Fsp3) is 0.667. The summed E-state index contributed by atoms with van der Waals surface area (Å²) in [7, 11) is 0. The highest BCUT2D eigenvalue weighted by Crippen LogP contribution is 2.46. The zero-order valence-electron chi connectivity index (χ0n) is 21.9. The van der Waals surface area contributed by atoms with Crippen molar-refractivity contribution in [3.63, 3.8) is 0 Å². The average Bonchev–Trinajstić information content (AvgIpc) is 3.29. The van der Waals surface area contributed by atoms with Crippen LogP contribution in [0.1, 0.15) is 80.2 Å². The Kier molecular flexibility index (Phi) is 6.12. The highest BCUT2D eigenvalue weighted by Gasteiger charge is 2.49. The molecular formula is C30H39FN4O2. The number of hydrogen-bond acceptors (Lipinski definition) is 6. The lowest BCUT2D eigenvalue weighted by Crippen LogP contribution is -2.44. The van der Waals surface area contributed by atoms with Crippen LogP contribution in [0.5, 0.6) is 6.01 Å². The molecule has 4 aliphatic heterocycles. The lowest BCUT2D eigenvalue weighted by atomic mass is 9.75. The average molecular weight is 507 g/mol. The van der Waals surface area contributed by atoms with Crippen LogP contribution in [-0.4, -0.2) is 59.4 Å². The van der Waals surface area contributed by atoms with Crippen LogP contribution >= 0.6 is 0 Å². The summed E-state index contributed by atoms with van der Waals surface area (Å²) < 4.78 is 27.6.